The number of rotatable bonds is 10. The van der Waals surface area contributed by atoms with Crippen LogP contribution in [0, 0.1) is 0 Å². The van der Waals surface area contributed by atoms with Crippen molar-refractivity contribution in [1.29, 1.82) is 0 Å². The summed E-state index contributed by atoms with van der Waals surface area (Å²) >= 11 is 3.38. The smallest absolute Gasteiger partial charge is 0.264 e. The minimum atomic E-state index is -4.08. The minimum absolute atomic E-state index is 0.0545. The standard InChI is InChI=1S/C26H28BrN3O5S/c1-19(26(32)28-2)29(17-20-12-14-23(35-3)15-13-20)25(31)18-30(22-9-7-8-21(27)16-22)36(33,34)24-10-5-4-6-11-24/h4-16,19H,17-18H2,1-3H3,(H,28,32)/t19-/m0/s1. The number of amides is 2. The van der Waals surface area contributed by atoms with Gasteiger partial charge in [0.1, 0.15) is 18.3 Å². The lowest BCUT2D eigenvalue weighted by molar-refractivity contribution is -0.139. The van der Waals surface area contributed by atoms with Gasteiger partial charge in [0, 0.05) is 18.1 Å². The van der Waals surface area contributed by atoms with E-state index in [4.69, 9.17) is 4.74 Å². The molecule has 0 spiro atoms. The number of hydrogen-bond donors (Lipinski definition) is 1. The van der Waals surface area contributed by atoms with Crippen LogP contribution in [-0.2, 0) is 26.2 Å². The van der Waals surface area contributed by atoms with Crippen molar-refractivity contribution in [2.24, 2.45) is 0 Å². The Bertz CT molecular complexity index is 1300. The fourth-order valence-electron chi connectivity index (χ4n) is 3.60. The molecule has 0 heterocycles. The summed E-state index contributed by atoms with van der Waals surface area (Å²) in [4.78, 5) is 27.6. The molecule has 1 N–H and O–H groups in total. The molecule has 0 saturated heterocycles. The molecule has 0 unspecified atom stereocenters. The molecule has 0 bridgehead atoms. The van der Waals surface area contributed by atoms with Crippen molar-refractivity contribution < 1.29 is 22.7 Å². The second-order valence-electron chi connectivity index (χ2n) is 7.96. The van der Waals surface area contributed by atoms with Crippen molar-refractivity contribution in [3.63, 3.8) is 0 Å². The first kappa shape index (κ1) is 27.2. The molecule has 0 fully saturated rings. The Labute approximate surface area is 220 Å². The van der Waals surface area contributed by atoms with E-state index in [2.05, 4.69) is 21.2 Å². The average molecular weight is 574 g/mol. The monoisotopic (exact) mass is 573 g/mol. The Hall–Kier alpha value is -3.37. The number of ether oxygens (including phenoxy) is 1. The number of sulfonamides is 1. The Kier molecular flexibility index (Phi) is 9.11. The lowest BCUT2D eigenvalue weighted by atomic mass is 10.1. The van der Waals surface area contributed by atoms with Crippen molar-refractivity contribution in [2.75, 3.05) is 25.0 Å². The van der Waals surface area contributed by atoms with E-state index in [0.29, 0.717) is 15.9 Å². The summed E-state index contributed by atoms with van der Waals surface area (Å²) in [6.45, 7) is 1.22. The number of carbonyl (C=O) groups is 2. The second-order valence-corrected chi connectivity index (χ2v) is 10.7. The van der Waals surface area contributed by atoms with Crippen LogP contribution < -0.4 is 14.4 Å². The van der Waals surface area contributed by atoms with Crippen LogP contribution in [0.15, 0.2) is 88.2 Å². The number of carbonyl (C=O) groups excluding carboxylic acids is 2. The van der Waals surface area contributed by atoms with Gasteiger partial charge in [0.05, 0.1) is 17.7 Å². The van der Waals surface area contributed by atoms with Crippen LogP contribution in [0.25, 0.3) is 0 Å². The predicted octanol–water partition coefficient (Wildman–Crippen LogP) is 3.82. The molecule has 3 aromatic carbocycles. The molecule has 0 radical (unpaired) electrons. The van der Waals surface area contributed by atoms with Crippen molar-refractivity contribution >= 4 is 43.5 Å². The maximum absolute atomic E-state index is 13.7. The SMILES string of the molecule is CNC(=O)[C@H](C)N(Cc1ccc(OC)cc1)C(=O)CN(c1cccc(Br)c1)S(=O)(=O)c1ccccc1. The normalized spacial score (nSPS) is 11.9. The van der Waals surface area contributed by atoms with Crippen LogP contribution in [0.5, 0.6) is 5.75 Å². The highest BCUT2D eigenvalue weighted by atomic mass is 79.9. The first-order valence-corrected chi connectivity index (χ1v) is 13.4. The summed E-state index contributed by atoms with van der Waals surface area (Å²) < 4.78 is 34.2. The third-order valence-corrected chi connectivity index (χ3v) is 7.91. The molecule has 2 amide bonds. The van der Waals surface area contributed by atoms with Gasteiger partial charge in [-0.25, -0.2) is 8.42 Å². The maximum Gasteiger partial charge on any atom is 0.264 e. The minimum Gasteiger partial charge on any atom is -0.497 e. The van der Waals surface area contributed by atoms with Gasteiger partial charge in [-0.05, 0) is 55.0 Å². The van der Waals surface area contributed by atoms with Crippen LogP contribution in [0.3, 0.4) is 0 Å². The molecule has 10 heteroatoms. The molecule has 0 saturated carbocycles. The van der Waals surface area contributed by atoms with Crippen molar-refractivity contribution in [3.8, 4) is 5.75 Å². The Morgan fingerprint density at radius 2 is 1.67 bits per heavy atom. The number of likely N-dealkylation sites (N-methyl/N-ethyl adjacent to an activating group) is 1. The largest absolute Gasteiger partial charge is 0.497 e. The number of hydrogen-bond acceptors (Lipinski definition) is 5. The third kappa shape index (κ3) is 6.44. The number of nitrogens with zero attached hydrogens (tertiary/aromatic N) is 2. The highest BCUT2D eigenvalue weighted by Crippen LogP contribution is 2.27. The fraction of sp³-hybridized carbons (Fsp3) is 0.231. The number of nitrogens with one attached hydrogen (secondary N) is 1. The zero-order valence-corrected chi connectivity index (χ0v) is 22.6. The summed E-state index contributed by atoms with van der Waals surface area (Å²) in [5.74, 6) is -0.232. The summed E-state index contributed by atoms with van der Waals surface area (Å²) in [6.07, 6.45) is 0. The van der Waals surface area contributed by atoms with Crippen LogP contribution in [0.1, 0.15) is 12.5 Å². The Morgan fingerprint density at radius 3 is 2.25 bits per heavy atom. The van der Waals surface area contributed by atoms with Crippen molar-refractivity contribution in [2.45, 2.75) is 24.4 Å². The Morgan fingerprint density at radius 1 is 1.00 bits per heavy atom. The van der Waals surface area contributed by atoms with E-state index >= 15 is 0 Å². The van der Waals surface area contributed by atoms with Crippen molar-refractivity contribution in [1.82, 2.24) is 10.2 Å². The van der Waals surface area contributed by atoms with E-state index in [1.54, 1.807) is 80.8 Å². The van der Waals surface area contributed by atoms with Crippen LogP contribution in [0.4, 0.5) is 5.69 Å². The summed E-state index contributed by atoms with van der Waals surface area (Å²) in [5.41, 5.74) is 1.08. The molecular weight excluding hydrogens is 546 g/mol. The summed E-state index contributed by atoms with van der Waals surface area (Å²) in [5, 5.41) is 2.56. The molecule has 3 rings (SSSR count). The molecule has 1 atom stereocenters. The zero-order chi connectivity index (χ0) is 26.3. The molecule has 3 aromatic rings. The second kappa shape index (κ2) is 12.0. The quantitative estimate of drug-likeness (QED) is 0.398. The predicted molar refractivity (Wildman–Crippen MR) is 142 cm³/mol. The first-order chi connectivity index (χ1) is 17.2. The lowest BCUT2D eigenvalue weighted by Crippen LogP contribution is -2.50. The molecule has 0 aliphatic rings. The molecule has 190 valence electrons. The molecule has 0 aromatic heterocycles. The van der Waals surface area contributed by atoms with Gasteiger partial charge in [-0.1, -0.05) is 52.3 Å². The molecule has 0 aliphatic carbocycles. The van der Waals surface area contributed by atoms with E-state index < -0.39 is 28.5 Å². The molecular formula is C26H28BrN3O5S. The molecule has 0 aliphatic heterocycles. The molecule has 36 heavy (non-hydrogen) atoms. The average Bonchev–Trinajstić information content (AvgIpc) is 2.90. The summed E-state index contributed by atoms with van der Waals surface area (Å²) in [7, 11) is -1.04. The van der Waals surface area contributed by atoms with E-state index in [0.717, 1.165) is 9.87 Å². The lowest BCUT2D eigenvalue weighted by Gasteiger charge is -2.31. The maximum atomic E-state index is 13.7. The van der Waals surface area contributed by atoms with Crippen LogP contribution >= 0.6 is 15.9 Å². The van der Waals surface area contributed by atoms with Gasteiger partial charge in [0.2, 0.25) is 11.8 Å². The number of benzene rings is 3. The number of halogens is 1. The highest BCUT2D eigenvalue weighted by molar-refractivity contribution is 9.10. The number of methoxy groups -OCH3 is 1. The third-order valence-electron chi connectivity index (χ3n) is 5.63. The Balaban J connectivity index is 2.00. The van der Waals surface area contributed by atoms with Crippen LogP contribution in [0.2, 0.25) is 0 Å². The van der Waals surface area contributed by atoms with Crippen molar-refractivity contribution in [3.05, 3.63) is 88.9 Å². The van der Waals surface area contributed by atoms with Gasteiger partial charge in [-0.3, -0.25) is 13.9 Å². The van der Waals surface area contributed by atoms with Gasteiger partial charge >= 0.3 is 0 Å². The molecule has 8 nitrogen and oxygen atoms in total. The van der Waals surface area contributed by atoms with E-state index in [1.165, 1.54) is 24.1 Å². The zero-order valence-electron chi connectivity index (χ0n) is 20.2. The van der Waals surface area contributed by atoms with E-state index in [9.17, 15) is 18.0 Å². The van der Waals surface area contributed by atoms with Gasteiger partial charge in [-0.2, -0.15) is 0 Å². The van der Waals surface area contributed by atoms with Crippen LogP contribution in [-0.4, -0.2) is 51.9 Å². The fourth-order valence-corrected chi connectivity index (χ4v) is 5.41. The van der Waals surface area contributed by atoms with Gasteiger partial charge < -0.3 is 15.0 Å². The topological polar surface area (TPSA) is 96.0 Å². The van der Waals surface area contributed by atoms with Gasteiger partial charge in [0.25, 0.3) is 10.0 Å². The van der Waals surface area contributed by atoms with E-state index in [-0.39, 0.29) is 17.3 Å². The number of anilines is 1. The summed E-state index contributed by atoms with van der Waals surface area (Å²) in [6, 6.07) is 20.9. The van der Waals surface area contributed by atoms with Gasteiger partial charge in [-0.15, -0.1) is 0 Å². The van der Waals surface area contributed by atoms with Gasteiger partial charge in [0.15, 0.2) is 0 Å². The van der Waals surface area contributed by atoms with E-state index in [1.807, 2.05) is 0 Å². The highest BCUT2D eigenvalue weighted by Gasteiger charge is 2.32. The first-order valence-electron chi connectivity index (χ1n) is 11.1.